The van der Waals surface area contributed by atoms with E-state index in [4.69, 9.17) is 17.3 Å². The Bertz CT molecular complexity index is 338. The van der Waals surface area contributed by atoms with E-state index in [0.717, 1.165) is 13.0 Å². The van der Waals surface area contributed by atoms with Gasteiger partial charge in [0.2, 0.25) is 0 Å². The summed E-state index contributed by atoms with van der Waals surface area (Å²) in [6.45, 7) is 4.67. The molecule has 1 aromatic rings. The maximum absolute atomic E-state index is 5.60. The number of hydrogen-bond acceptors (Lipinski definition) is 2. The van der Waals surface area contributed by atoms with E-state index in [0.29, 0.717) is 17.5 Å². The first-order chi connectivity index (χ1) is 7.18. The molecule has 6 heteroatoms. The smallest absolute Gasteiger partial charge is 0.188 e. The molecule has 0 saturated heterocycles. The third kappa shape index (κ3) is 7.08. The fourth-order valence-corrected chi connectivity index (χ4v) is 1.76. The van der Waals surface area contributed by atoms with Crippen LogP contribution in [0.15, 0.2) is 34.1 Å². The van der Waals surface area contributed by atoms with Crippen LogP contribution >= 0.6 is 46.9 Å². The molecule has 0 aliphatic carbocycles. The van der Waals surface area contributed by atoms with E-state index in [-0.39, 0.29) is 24.0 Å². The Morgan fingerprint density at radius 3 is 2.94 bits per heavy atom. The first-order valence-electron chi connectivity index (χ1n) is 4.58. The maximum Gasteiger partial charge on any atom is 0.188 e. The van der Waals surface area contributed by atoms with Crippen LogP contribution in [0.5, 0.6) is 0 Å². The predicted octanol–water partition coefficient (Wildman–Crippen LogP) is 2.57. The van der Waals surface area contributed by atoms with Gasteiger partial charge in [0.15, 0.2) is 5.96 Å². The minimum atomic E-state index is 0. The van der Waals surface area contributed by atoms with Gasteiger partial charge in [0.25, 0.3) is 0 Å². The van der Waals surface area contributed by atoms with Gasteiger partial charge in [0.1, 0.15) is 0 Å². The predicted molar refractivity (Wildman–Crippen MR) is 82.9 cm³/mol. The Morgan fingerprint density at radius 1 is 1.62 bits per heavy atom. The molecule has 90 valence electrons. The van der Waals surface area contributed by atoms with E-state index >= 15 is 0 Å². The summed E-state index contributed by atoms with van der Waals surface area (Å²) in [5.41, 5.74) is 5.60. The Kier molecular flexibility index (Phi) is 8.68. The van der Waals surface area contributed by atoms with Gasteiger partial charge in [-0.25, -0.2) is 4.99 Å². The molecule has 0 atom stereocenters. The van der Waals surface area contributed by atoms with Crippen LogP contribution < -0.4 is 11.1 Å². The molecule has 0 aliphatic heterocycles. The number of guanidine groups is 1. The van der Waals surface area contributed by atoms with Gasteiger partial charge in [-0.05, 0) is 17.9 Å². The zero-order valence-electron chi connectivity index (χ0n) is 8.78. The normalized spacial score (nSPS) is 10.7. The third-order valence-corrected chi connectivity index (χ3v) is 2.73. The molecule has 3 N–H and O–H groups in total. The van der Waals surface area contributed by atoms with E-state index in [1.165, 1.54) is 4.88 Å². The van der Waals surface area contributed by atoms with E-state index in [1.807, 2.05) is 6.07 Å². The highest BCUT2D eigenvalue weighted by Crippen LogP contribution is 2.07. The topological polar surface area (TPSA) is 50.4 Å². The monoisotopic (exact) mass is 371 g/mol. The molecule has 0 aromatic carbocycles. The van der Waals surface area contributed by atoms with Crippen LogP contribution in [0.3, 0.4) is 0 Å². The highest BCUT2D eigenvalue weighted by atomic mass is 127. The zero-order valence-corrected chi connectivity index (χ0v) is 12.7. The summed E-state index contributed by atoms with van der Waals surface area (Å²) in [4.78, 5) is 5.33. The van der Waals surface area contributed by atoms with Crippen molar-refractivity contribution < 1.29 is 0 Å². The van der Waals surface area contributed by atoms with Crippen molar-refractivity contribution >= 4 is 52.9 Å². The average Bonchev–Trinajstić information content (AvgIpc) is 2.67. The average molecular weight is 372 g/mol. The molecule has 0 spiro atoms. The number of halogens is 2. The van der Waals surface area contributed by atoms with Gasteiger partial charge in [0.05, 0.1) is 6.54 Å². The molecule has 0 aliphatic rings. The minimum absolute atomic E-state index is 0. The standard InChI is InChI=1S/C10H14ClN3S.HI/c1-8(11)7-14-10(12)13-5-4-9-3-2-6-15-9;/h2-3,6H,1,4-5,7H2,(H3,12,13,14);1H. The molecule has 16 heavy (non-hydrogen) atoms. The van der Waals surface area contributed by atoms with Gasteiger partial charge in [0, 0.05) is 16.5 Å². The lowest BCUT2D eigenvalue weighted by molar-refractivity contribution is 0.863. The largest absolute Gasteiger partial charge is 0.370 e. The Balaban J connectivity index is 0.00000225. The second-order valence-corrected chi connectivity index (χ2v) is 4.54. The lowest BCUT2D eigenvalue weighted by Gasteiger charge is -2.03. The summed E-state index contributed by atoms with van der Waals surface area (Å²) < 4.78 is 0. The van der Waals surface area contributed by atoms with Gasteiger partial charge in [-0.2, -0.15) is 0 Å². The zero-order chi connectivity index (χ0) is 11.1. The minimum Gasteiger partial charge on any atom is -0.370 e. The Hall–Kier alpha value is -0.270. The summed E-state index contributed by atoms with van der Waals surface area (Å²) in [7, 11) is 0. The van der Waals surface area contributed by atoms with Crippen molar-refractivity contribution in [2.24, 2.45) is 10.7 Å². The van der Waals surface area contributed by atoms with Crippen LogP contribution in [0.1, 0.15) is 4.88 Å². The quantitative estimate of drug-likeness (QED) is 0.475. The van der Waals surface area contributed by atoms with Crippen molar-refractivity contribution in [2.45, 2.75) is 6.42 Å². The molecule has 3 nitrogen and oxygen atoms in total. The van der Waals surface area contributed by atoms with E-state index in [9.17, 15) is 0 Å². The highest BCUT2D eigenvalue weighted by molar-refractivity contribution is 14.0. The van der Waals surface area contributed by atoms with Gasteiger partial charge in [-0.3, -0.25) is 0 Å². The van der Waals surface area contributed by atoms with E-state index in [1.54, 1.807) is 11.3 Å². The molecule has 0 radical (unpaired) electrons. The van der Waals surface area contributed by atoms with Crippen LogP contribution in [0, 0.1) is 0 Å². The van der Waals surface area contributed by atoms with Crippen molar-refractivity contribution in [1.82, 2.24) is 5.32 Å². The number of nitrogens with zero attached hydrogens (tertiary/aromatic N) is 1. The van der Waals surface area contributed by atoms with Crippen LogP contribution in [0.25, 0.3) is 0 Å². The van der Waals surface area contributed by atoms with Crippen molar-refractivity contribution in [3.8, 4) is 0 Å². The molecule has 0 bridgehead atoms. The van der Waals surface area contributed by atoms with Gasteiger partial charge < -0.3 is 11.1 Å². The summed E-state index contributed by atoms with van der Waals surface area (Å²) in [5, 5.41) is 5.55. The van der Waals surface area contributed by atoms with Crippen LogP contribution in [-0.2, 0) is 6.42 Å². The number of nitrogens with two attached hydrogens (primary N) is 1. The molecule has 0 unspecified atom stereocenters. The van der Waals surface area contributed by atoms with Crippen molar-refractivity contribution in [3.63, 3.8) is 0 Å². The van der Waals surface area contributed by atoms with Gasteiger partial charge >= 0.3 is 0 Å². The number of rotatable bonds is 5. The van der Waals surface area contributed by atoms with Crippen molar-refractivity contribution in [1.29, 1.82) is 0 Å². The molecular formula is C10H15ClIN3S. The van der Waals surface area contributed by atoms with Crippen LogP contribution in [0.2, 0.25) is 0 Å². The molecule has 0 fully saturated rings. The Labute approximate surface area is 122 Å². The number of aliphatic imine (C=N–C) groups is 1. The summed E-state index contributed by atoms with van der Waals surface area (Å²) in [6.07, 6.45) is 0.954. The molecule has 1 heterocycles. The summed E-state index contributed by atoms with van der Waals surface area (Å²) in [6, 6.07) is 4.13. The fraction of sp³-hybridized carbons (Fsp3) is 0.300. The molecule has 1 aromatic heterocycles. The number of hydrogen-bond donors (Lipinski definition) is 2. The van der Waals surface area contributed by atoms with Crippen molar-refractivity contribution in [2.75, 3.05) is 13.1 Å². The van der Waals surface area contributed by atoms with E-state index in [2.05, 4.69) is 28.3 Å². The molecule has 1 rings (SSSR count). The summed E-state index contributed by atoms with van der Waals surface area (Å²) >= 11 is 7.29. The fourth-order valence-electron chi connectivity index (χ4n) is 0.995. The SMILES string of the molecule is C=C(Cl)CN=C(N)NCCc1cccs1.I. The second-order valence-electron chi connectivity index (χ2n) is 2.97. The molecule has 0 saturated carbocycles. The molecule has 0 amide bonds. The second kappa shape index (κ2) is 8.83. The van der Waals surface area contributed by atoms with E-state index < -0.39 is 0 Å². The lowest BCUT2D eigenvalue weighted by Crippen LogP contribution is -2.33. The summed E-state index contributed by atoms with van der Waals surface area (Å²) in [5.74, 6) is 0.411. The molecular weight excluding hydrogens is 357 g/mol. The number of thiophene rings is 1. The Morgan fingerprint density at radius 2 is 2.38 bits per heavy atom. The van der Waals surface area contributed by atoms with Crippen LogP contribution in [-0.4, -0.2) is 19.0 Å². The maximum atomic E-state index is 5.60. The van der Waals surface area contributed by atoms with Crippen molar-refractivity contribution in [3.05, 3.63) is 34.0 Å². The first-order valence-corrected chi connectivity index (χ1v) is 5.83. The third-order valence-electron chi connectivity index (χ3n) is 1.68. The highest BCUT2D eigenvalue weighted by Gasteiger charge is 1.94. The number of nitrogens with one attached hydrogen (secondary N) is 1. The van der Waals surface area contributed by atoms with Gasteiger partial charge in [-0.1, -0.05) is 24.2 Å². The van der Waals surface area contributed by atoms with Gasteiger partial charge in [-0.15, -0.1) is 35.3 Å². The lowest BCUT2D eigenvalue weighted by atomic mass is 10.3. The van der Waals surface area contributed by atoms with Crippen LogP contribution in [0.4, 0.5) is 0 Å². The first kappa shape index (κ1) is 15.7.